The lowest BCUT2D eigenvalue weighted by atomic mass is 10.1. The first-order chi connectivity index (χ1) is 13.1. The number of nitrogens with zero attached hydrogens (tertiary/aromatic N) is 1. The first-order valence-corrected chi connectivity index (χ1v) is 10.7. The largest absolute Gasteiger partial charge is 0.492 e. The van der Waals surface area contributed by atoms with Crippen LogP contribution in [0.25, 0.3) is 0 Å². The van der Waals surface area contributed by atoms with Gasteiger partial charge in [0.2, 0.25) is 10.0 Å². The van der Waals surface area contributed by atoms with Crippen LogP contribution in [0.4, 0.5) is 5.69 Å². The summed E-state index contributed by atoms with van der Waals surface area (Å²) in [5, 5.41) is 3.33. The van der Waals surface area contributed by atoms with Gasteiger partial charge in [0.25, 0.3) is 0 Å². The molecule has 0 amide bonds. The Balaban J connectivity index is 1.77. The number of rotatable bonds is 8. The highest BCUT2D eigenvalue weighted by molar-refractivity contribution is 7.89. The Morgan fingerprint density at radius 2 is 1.85 bits per heavy atom. The van der Waals surface area contributed by atoms with Gasteiger partial charge in [-0.25, -0.2) is 8.42 Å². The fraction of sp³-hybridized carbons (Fsp3) is 0.400. The van der Waals surface area contributed by atoms with Crippen molar-refractivity contribution in [1.29, 1.82) is 0 Å². The van der Waals surface area contributed by atoms with Crippen LogP contribution in [0, 0.1) is 0 Å². The van der Waals surface area contributed by atoms with Crippen LogP contribution < -0.4 is 10.1 Å². The summed E-state index contributed by atoms with van der Waals surface area (Å²) in [6.07, 6.45) is 0.840. The number of anilines is 1. The fourth-order valence-corrected chi connectivity index (χ4v) is 4.45. The Morgan fingerprint density at radius 3 is 2.56 bits per heavy atom. The van der Waals surface area contributed by atoms with Crippen LogP contribution in [0.1, 0.15) is 12.5 Å². The van der Waals surface area contributed by atoms with E-state index in [1.807, 2.05) is 25.1 Å². The molecule has 0 aromatic heterocycles. The van der Waals surface area contributed by atoms with Crippen molar-refractivity contribution in [3.05, 3.63) is 54.1 Å². The van der Waals surface area contributed by atoms with E-state index >= 15 is 0 Å². The van der Waals surface area contributed by atoms with Crippen molar-refractivity contribution in [2.45, 2.75) is 18.2 Å². The highest BCUT2D eigenvalue weighted by Gasteiger charge is 2.27. The van der Waals surface area contributed by atoms with E-state index in [-0.39, 0.29) is 4.90 Å². The zero-order valence-electron chi connectivity index (χ0n) is 15.6. The highest BCUT2D eigenvalue weighted by Crippen LogP contribution is 2.29. The number of sulfonamides is 1. The molecule has 2 aromatic carbocycles. The van der Waals surface area contributed by atoms with Gasteiger partial charge in [0.05, 0.1) is 30.4 Å². The first-order valence-electron chi connectivity index (χ1n) is 9.24. The first kappa shape index (κ1) is 19.7. The lowest BCUT2D eigenvalue weighted by Gasteiger charge is -2.26. The van der Waals surface area contributed by atoms with Gasteiger partial charge >= 0.3 is 0 Å². The Bertz CT molecular complexity index is 834. The number of nitrogens with one attached hydrogen (secondary N) is 1. The van der Waals surface area contributed by atoms with E-state index in [0.29, 0.717) is 50.9 Å². The standard InChI is InChI=1S/C20H26N2O4S/c1-2-26-20-9-8-18(27(23,24)22-12-14-25-15-13-22)16-19(20)21-11-10-17-6-4-3-5-7-17/h3-9,16,21H,2,10-15H2,1H3. The SMILES string of the molecule is CCOc1ccc(S(=O)(=O)N2CCOCC2)cc1NCCc1ccccc1. The summed E-state index contributed by atoms with van der Waals surface area (Å²) in [7, 11) is -3.54. The average molecular weight is 391 g/mol. The number of hydrogen-bond donors (Lipinski definition) is 1. The molecule has 0 bridgehead atoms. The molecule has 1 saturated heterocycles. The second kappa shape index (κ2) is 9.21. The summed E-state index contributed by atoms with van der Waals surface area (Å²) in [4.78, 5) is 0.273. The van der Waals surface area contributed by atoms with E-state index in [1.165, 1.54) is 9.87 Å². The molecule has 0 aliphatic carbocycles. The third-order valence-corrected chi connectivity index (χ3v) is 6.33. The molecule has 0 radical (unpaired) electrons. The Morgan fingerprint density at radius 1 is 1.11 bits per heavy atom. The van der Waals surface area contributed by atoms with Crippen molar-refractivity contribution in [3.63, 3.8) is 0 Å². The van der Waals surface area contributed by atoms with Crippen LogP contribution in [0.2, 0.25) is 0 Å². The molecule has 27 heavy (non-hydrogen) atoms. The predicted molar refractivity (Wildman–Crippen MR) is 106 cm³/mol. The van der Waals surface area contributed by atoms with Gasteiger partial charge in [-0.1, -0.05) is 30.3 Å². The summed E-state index contributed by atoms with van der Waals surface area (Å²) in [5.74, 6) is 0.659. The molecule has 146 valence electrons. The van der Waals surface area contributed by atoms with Gasteiger partial charge in [0.15, 0.2) is 0 Å². The number of ether oxygens (including phenoxy) is 2. The topological polar surface area (TPSA) is 67.9 Å². The quantitative estimate of drug-likeness (QED) is 0.751. The molecular formula is C20H26N2O4S. The van der Waals surface area contributed by atoms with Gasteiger partial charge in [-0.2, -0.15) is 4.31 Å². The zero-order chi connectivity index (χ0) is 19.1. The molecule has 7 heteroatoms. The Kier molecular flexibility index (Phi) is 6.71. The van der Waals surface area contributed by atoms with Crippen LogP contribution in [0.15, 0.2) is 53.4 Å². The van der Waals surface area contributed by atoms with E-state index < -0.39 is 10.0 Å². The molecule has 1 aliphatic heterocycles. The summed E-state index contributed by atoms with van der Waals surface area (Å²) < 4.78 is 38.2. The van der Waals surface area contributed by atoms with Crippen LogP contribution in [-0.4, -0.2) is 52.2 Å². The molecule has 0 spiro atoms. The average Bonchev–Trinajstić information content (AvgIpc) is 2.71. The van der Waals surface area contributed by atoms with Crippen molar-refractivity contribution < 1.29 is 17.9 Å². The summed E-state index contributed by atoms with van der Waals surface area (Å²) in [6.45, 7) is 4.73. The molecule has 0 unspecified atom stereocenters. The van der Waals surface area contributed by atoms with Crippen molar-refractivity contribution in [2.24, 2.45) is 0 Å². The number of hydrogen-bond acceptors (Lipinski definition) is 5. The van der Waals surface area contributed by atoms with E-state index in [1.54, 1.807) is 18.2 Å². The lowest BCUT2D eigenvalue weighted by molar-refractivity contribution is 0.0730. The van der Waals surface area contributed by atoms with Crippen LogP contribution in [-0.2, 0) is 21.2 Å². The smallest absolute Gasteiger partial charge is 0.243 e. The van der Waals surface area contributed by atoms with E-state index in [9.17, 15) is 8.42 Å². The molecule has 1 fully saturated rings. The van der Waals surface area contributed by atoms with Crippen molar-refractivity contribution in [3.8, 4) is 5.75 Å². The van der Waals surface area contributed by atoms with E-state index in [4.69, 9.17) is 9.47 Å². The molecular weight excluding hydrogens is 364 g/mol. The van der Waals surface area contributed by atoms with Gasteiger partial charge in [-0.3, -0.25) is 0 Å². The molecule has 1 N–H and O–H groups in total. The summed E-state index contributed by atoms with van der Waals surface area (Å²) >= 11 is 0. The maximum Gasteiger partial charge on any atom is 0.243 e. The Hall–Kier alpha value is -2.09. The van der Waals surface area contributed by atoms with Crippen LogP contribution in [0.5, 0.6) is 5.75 Å². The highest BCUT2D eigenvalue weighted by atomic mass is 32.2. The normalized spacial score (nSPS) is 15.4. The molecule has 1 heterocycles. The number of benzene rings is 2. The van der Waals surface area contributed by atoms with Crippen molar-refractivity contribution in [1.82, 2.24) is 4.31 Å². The predicted octanol–water partition coefficient (Wildman–Crippen LogP) is 2.76. The van der Waals surface area contributed by atoms with Gasteiger partial charge in [0.1, 0.15) is 5.75 Å². The second-order valence-electron chi connectivity index (χ2n) is 6.27. The van der Waals surface area contributed by atoms with Gasteiger partial charge in [-0.15, -0.1) is 0 Å². The molecule has 0 atom stereocenters. The Labute approximate surface area is 161 Å². The maximum absolute atomic E-state index is 12.9. The summed E-state index contributed by atoms with van der Waals surface area (Å²) in [5.41, 5.74) is 1.92. The van der Waals surface area contributed by atoms with Crippen LogP contribution in [0.3, 0.4) is 0 Å². The third-order valence-electron chi connectivity index (χ3n) is 4.43. The molecule has 2 aromatic rings. The minimum atomic E-state index is -3.54. The van der Waals surface area contributed by atoms with Crippen molar-refractivity contribution in [2.75, 3.05) is 44.8 Å². The molecule has 3 rings (SSSR count). The van der Waals surface area contributed by atoms with Gasteiger partial charge in [-0.05, 0) is 37.1 Å². The second-order valence-corrected chi connectivity index (χ2v) is 8.21. The summed E-state index contributed by atoms with van der Waals surface area (Å²) in [6, 6.07) is 15.2. The zero-order valence-corrected chi connectivity index (χ0v) is 16.4. The lowest BCUT2D eigenvalue weighted by Crippen LogP contribution is -2.40. The molecule has 1 aliphatic rings. The van der Waals surface area contributed by atoms with E-state index in [0.717, 1.165) is 6.42 Å². The fourth-order valence-electron chi connectivity index (χ4n) is 3.01. The third kappa shape index (κ3) is 5.00. The van der Waals surface area contributed by atoms with Crippen LogP contribution >= 0.6 is 0 Å². The molecule has 0 saturated carbocycles. The number of morpholine rings is 1. The van der Waals surface area contributed by atoms with Gasteiger partial charge < -0.3 is 14.8 Å². The maximum atomic E-state index is 12.9. The van der Waals surface area contributed by atoms with Gasteiger partial charge in [0, 0.05) is 19.6 Å². The van der Waals surface area contributed by atoms with E-state index in [2.05, 4.69) is 17.4 Å². The monoisotopic (exact) mass is 390 g/mol. The molecule has 6 nitrogen and oxygen atoms in total. The minimum Gasteiger partial charge on any atom is -0.492 e. The minimum absolute atomic E-state index is 0.273. The van der Waals surface area contributed by atoms with Crippen molar-refractivity contribution >= 4 is 15.7 Å².